The van der Waals surface area contributed by atoms with Crippen LogP contribution in [0.1, 0.15) is 16.8 Å². The van der Waals surface area contributed by atoms with Gasteiger partial charge < -0.3 is 9.88 Å². The van der Waals surface area contributed by atoms with Crippen LogP contribution in [-0.4, -0.2) is 15.9 Å². The highest BCUT2D eigenvalue weighted by atomic mass is 32.1. The maximum absolute atomic E-state index is 5.21. The molecule has 0 aliphatic heterocycles. The van der Waals surface area contributed by atoms with Crippen LogP contribution in [0.25, 0.3) is 0 Å². The van der Waals surface area contributed by atoms with Gasteiger partial charge in [0.25, 0.3) is 0 Å². The van der Waals surface area contributed by atoms with Crippen molar-refractivity contribution in [3.05, 3.63) is 53.3 Å². The summed E-state index contributed by atoms with van der Waals surface area (Å²) in [5.74, 6) is 0. The van der Waals surface area contributed by atoms with E-state index in [-0.39, 0.29) is 0 Å². The Bertz CT molecular complexity index is 643. The zero-order valence-corrected chi connectivity index (χ0v) is 12.7. The molecule has 1 heterocycles. The number of nitrogens with zero attached hydrogens (tertiary/aromatic N) is 2. The molecule has 5 heteroatoms. The van der Waals surface area contributed by atoms with Gasteiger partial charge in [0.05, 0.1) is 11.9 Å². The summed E-state index contributed by atoms with van der Waals surface area (Å²) in [6.45, 7) is 4.11. The van der Waals surface area contributed by atoms with Gasteiger partial charge in [-0.05, 0) is 49.8 Å². The Balaban J connectivity index is 1.93. The maximum Gasteiger partial charge on any atom is 0.191 e. The molecule has 0 saturated carbocycles. The topological polar surface area (TPSA) is 41.4 Å². The molecule has 0 fully saturated rings. The first-order valence-corrected chi connectivity index (χ1v) is 6.76. The van der Waals surface area contributed by atoms with E-state index in [0.29, 0.717) is 5.11 Å². The van der Waals surface area contributed by atoms with E-state index in [4.69, 9.17) is 12.2 Å². The largest absolute Gasteiger partial charge is 0.350 e. The third-order valence-corrected chi connectivity index (χ3v) is 3.17. The summed E-state index contributed by atoms with van der Waals surface area (Å²) in [5.41, 5.74) is 7.19. The molecule has 0 unspecified atom stereocenters. The summed E-state index contributed by atoms with van der Waals surface area (Å²) in [4.78, 5) is 0. The average molecular weight is 286 g/mol. The second-order valence-electron chi connectivity index (χ2n) is 4.69. The summed E-state index contributed by atoms with van der Waals surface area (Å²) in [7, 11) is 1.97. The molecule has 2 aromatic rings. The van der Waals surface area contributed by atoms with E-state index in [1.54, 1.807) is 6.21 Å². The highest BCUT2D eigenvalue weighted by molar-refractivity contribution is 7.80. The Labute approximate surface area is 124 Å². The molecule has 0 amide bonds. The standard InChI is InChI=1S/C15H18N4S/c1-11-6-7-14(12(2)9-11)17-15(20)18-16-10-13-5-4-8-19(13)3/h4-10H,1-3H3,(H2,17,18,20). The Morgan fingerprint density at radius 3 is 2.75 bits per heavy atom. The van der Waals surface area contributed by atoms with Crippen molar-refractivity contribution < 1.29 is 0 Å². The van der Waals surface area contributed by atoms with Crippen LogP contribution in [0.3, 0.4) is 0 Å². The first kappa shape index (κ1) is 14.3. The van der Waals surface area contributed by atoms with E-state index >= 15 is 0 Å². The Hall–Kier alpha value is -2.14. The van der Waals surface area contributed by atoms with Crippen LogP contribution in [0.4, 0.5) is 5.69 Å². The summed E-state index contributed by atoms with van der Waals surface area (Å²) < 4.78 is 1.98. The van der Waals surface area contributed by atoms with Gasteiger partial charge in [-0.3, -0.25) is 5.43 Å². The highest BCUT2D eigenvalue weighted by Gasteiger charge is 2.00. The van der Waals surface area contributed by atoms with Crippen molar-refractivity contribution in [3.63, 3.8) is 0 Å². The lowest BCUT2D eigenvalue weighted by Crippen LogP contribution is -2.24. The first-order valence-electron chi connectivity index (χ1n) is 6.35. The van der Waals surface area contributed by atoms with E-state index in [1.807, 2.05) is 49.0 Å². The van der Waals surface area contributed by atoms with Crippen LogP contribution in [-0.2, 0) is 7.05 Å². The van der Waals surface area contributed by atoms with Crippen molar-refractivity contribution in [1.82, 2.24) is 9.99 Å². The smallest absolute Gasteiger partial charge is 0.191 e. The van der Waals surface area contributed by atoms with Crippen molar-refractivity contribution in [2.45, 2.75) is 13.8 Å². The fourth-order valence-electron chi connectivity index (χ4n) is 1.87. The van der Waals surface area contributed by atoms with Crippen LogP contribution in [0.15, 0.2) is 41.6 Å². The molecular formula is C15H18N4S. The predicted octanol–water partition coefficient (Wildman–Crippen LogP) is 2.96. The molecule has 0 bridgehead atoms. The molecule has 0 spiro atoms. The number of anilines is 1. The van der Waals surface area contributed by atoms with Gasteiger partial charge in [0.1, 0.15) is 0 Å². The Morgan fingerprint density at radius 1 is 1.30 bits per heavy atom. The molecule has 2 rings (SSSR count). The zero-order valence-electron chi connectivity index (χ0n) is 11.8. The van der Waals surface area contributed by atoms with E-state index in [1.165, 1.54) is 5.56 Å². The molecule has 0 saturated heterocycles. The average Bonchev–Trinajstić information content (AvgIpc) is 2.79. The van der Waals surface area contributed by atoms with Crippen molar-refractivity contribution in [1.29, 1.82) is 0 Å². The minimum absolute atomic E-state index is 0.474. The summed E-state index contributed by atoms with van der Waals surface area (Å²) in [6.07, 6.45) is 3.70. The normalized spacial score (nSPS) is 10.8. The number of aryl methyl sites for hydroxylation is 3. The van der Waals surface area contributed by atoms with E-state index in [2.05, 4.69) is 28.8 Å². The number of rotatable bonds is 3. The van der Waals surface area contributed by atoms with Gasteiger partial charge >= 0.3 is 0 Å². The molecule has 104 valence electrons. The Kier molecular flexibility index (Phi) is 4.53. The lowest BCUT2D eigenvalue weighted by atomic mass is 10.1. The van der Waals surface area contributed by atoms with Gasteiger partial charge in [-0.1, -0.05) is 17.7 Å². The number of hydrazone groups is 1. The van der Waals surface area contributed by atoms with Crippen molar-refractivity contribution in [2.75, 3.05) is 5.32 Å². The van der Waals surface area contributed by atoms with Crippen molar-refractivity contribution >= 4 is 29.2 Å². The van der Waals surface area contributed by atoms with E-state index in [9.17, 15) is 0 Å². The highest BCUT2D eigenvalue weighted by Crippen LogP contribution is 2.15. The van der Waals surface area contributed by atoms with Gasteiger partial charge in [-0.25, -0.2) is 0 Å². The third-order valence-electron chi connectivity index (χ3n) is 2.98. The van der Waals surface area contributed by atoms with Gasteiger partial charge in [0, 0.05) is 18.9 Å². The molecule has 0 atom stereocenters. The number of hydrogen-bond acceptors (Lipinski definition) is 2. The molecular weight excluding hydrogens is 268 g/mol. The second kappa shape index (κ2) is 6.34. The van der Waals surface area contributed by atoms with Crippen molar-refractivity contribution in [2.24, 2.45) is 12.1 Å². The van der Waals surface area contributed by atoms with Gasteiger partial charge in [0.15, 0.2) is 5.11 Å². The first-order chi connectivity index (χ1) is 9.56. The number of aromatic nitrogens is 1. The second-order valence-corrected chi connectivity index (χ2v) is 5.09. The summed E-state index contributed by atoms with van der Waals surface area (Å²) >= 11 is 5.21. The molecule has 0 aliphatic carbocycles. The quantitative estimate of drug-likeness (QED) is 0.518. The van der Waals surface area contributed by atoms with Gasteiger partial charge in [0.2, 0.25) is 0 Å². The van der Waals surface area contributed by atoms with Crippen molar-refractivity contribution in [3.8, 4) is 0 Å². The number of hydrogen-bond donors (Lipinski definition) is 2. The molecule has 20 heavy (non-hydrogen) atoms. The summed E-state index contributed by atoms with van der Waals surface area (Å²) in [6, 6.07) is 10.1. The fraction of sp³-hybridized carbons (Fsp3) is 0.200. The molecule has 0 aliphatic rings. The third kappa shape index (κ3) is 3.68. The Morgan fingerprint density at radius 2 is 2.10 bits per heavy atom. The molecule has 1 aromatic heterocycles. The van der Waals surface area contributed by atoms with Crippen LogP contribution >= 0.6 is 12.2 Å². The number of thiocarbonyl (C=S) groups is 1. The number of nitrogens with one attached hydrogen (secondary N) is 2. The SMILES string of the molecule is Cc1ccc(NC(=S)NN=Cc2cccn2C)c(C)c1. The molecule has 2 N–H and O–H groups in total. The minimum atomic E-state index is 0.474. The predicted molar refractivity (Wildman–Crippen MR) is 88.3 cm³/mol. The van der Waals surface area contributed by atoms with Gasteiger partial charge in [-0.15, -0.1) is 0 Å². The zero-order chi connectivity index (χ0) is 14.5. The molecule has 4 nitrogen and oxygen atoms in total. The van der Waals surface area contributed by atoms with E-state index in [0.717, 1.165) is 16.9 Å². The van der Waals surface area contributed by atoms with Crippen LogP contribution < -0.4 is 10.7 Å². The number of benzene rings is 1. The lowest BCUT2D eigenvalue weighted by molar-refractivity contribution is 0.914. The van der Waals surface area contributed by atoms with Crippen LogP contribution in [0.5, 0.6) is 0 Å². The maximum atomic E-state index is 5.21. The van der Waals surface area contributed by atoms with E-state index < -0.39 is 0 Å². The summed E-state index contributed by atoms with van der Waals surface area (Å²) in [5, 5.41) is 7.72. The lowest BCUT2D eigenvalue weighted by Gasteiger charge is -2.10. The monoisotopic (exact) mass is 286 g/mol. The minimum Gasteiger partial charge on any atom is -0.350 e. The van der Waals surface area contributed by atoms with Gasteiger partial charge in [-0.2, -0.15) is 5.10 Å². The fourth-order valence-corrected chi connectivity index (χ4v) is 2.03. The molecule has 0 radical (unpaired) electrons. The van der Waals surface area contributed by atoms with Crippen LogP contribution in [0.2, 0.25) is 0 Å². The van der Waals surface area contributed by atoms with Crippen LogP contribution in [0, 0.1) is 13.8 Å². The molecule has 1 aromatic carbocycles.